The van der Waals surface area contributed by atoms with Crippen LogP contribution in [0.1, 0.15) is 43.4 Å². The Labute approximate surface area is 207 Å². The zero-order valence-electron chi connectivity index (χ0n) is 21.2. The number of hydrogen-bond donors (Lipinski definition) is 1. The molecule has 1 N–H and O–H groups in total. The van der Waals surface area contributed by atoms with Crippen LogP contribution in [0.2, 0.25) is 0 Å². The number of carbonyl (C=O) groups excluding carboxylic acids is 1. The molecular weight excluding hydrogens is 438 g/mol. The van der Waals surface area contributed by atoms with Gasteiger partial charge in [-0.3, -0.25) is 9.78 Å². The Kier molecular flexibility index (Phi) is 7.63. The molecule has 0 unspecified atom stereocenters. The van der Waals surface area contributed by atoms with Crippen LogP contribution in [0.15, 0.2) is 64.9 Å². The highest BCUT2D eigenvalue weighted by atomic mass is 16.4. The molecule has 0 saturated carbocycles. The number of anilines is 1. The first-order valence-corrected chi connectivity index (χ1v) is 12.3. The van der Waals surface area contributed by atoms with Crippen molar-refractivity contribution < 1.29 is 9.21 Å². The van der Waals surface area contributed by atoms with Crippen molar-refractivity contribution in [2.75, 3.05) is 25.5 Å². The first-order valence-electron chi connectivity index (χ1n) is 12.3. The summed E-state index contributed by atoms with van der Waals surface area (Å²) in [6.07, 6.45) is 7.54. The van der Waals surface area contributed by atoms with Gasteiger partial charge in [-0.15, -0.1) is 10.2 Å². The van der Waals surface area contributed by atoms with Crippen molar-refractivity contribution in [2.24, 2.45) is 23.7 Å². The number of pyridine rings is 1. The number of amides is 1. The third-order valence-electron chi connectivity index (χ3n) is 7.04. The summed E-state index contributed by atoms with van der Waals surface area (Å²) in [5.74, 6) is 2.76. The van der Waals surface area contributed by atoms with Gasteiger partial charge in [0.25, 0.3) is 5.91 Å². The molecule has 0 radical (unpaired) electrons. The first kappa shape index (κ1) is 24.6. The van der Waals surface area contributed by atoms with Gasteiger partial charge in [-0.25, -0.2) is 0 Å². The third-order valence-corrected chi connectivity index (χ3v) is 7.04. The van der Waals surface area contributed by atoms with Crippen molar-refractivity contribution in [1.29, 1.82) is 0 Å². The molecule has 184 valence electrons. The topological polar surface area (TPSA) is 84.2 Å². The summed E-state index contributed by atoms with van der Waals surface area (Å²) in [7, 11) is 3.98. The zero-order chi connectivity index (χ0) is 24.9. The predicted molar refractivity (Wildman–Crippen MR) is 138 cm³/mol. The maximum absolute atomic E-state index is 12.8. The van der Waals surface area contributed by atoms with Crippen LogP contribution in [0.25, 0.3) is 11.5 Å². The lowest BCUT2D eigenvalue weighted by Crippen LogP contribution is -2.37. The normalized spacial score (nSPS) is 19.9. The molecule has 1 aromatic carbocycles. The number of hydrogen-bond acceptors (Lipinski definition) is 6. The number of nitrogens with zero attached hydrogens (tertiary/aromatic N) is 4. The average molecular weight is 474 g/mol. The summed E-state index contributed by atoms with van der Waals surface area (Å²) in [6, 6.07) is 11.4. The number of allylic oxidation sites excluding steroid dienone is 1. The monoisotopic (exact) mass is 473 g/mol. The minimum Gasteiger partial charge on any atom is -0.421 e. The maximum atomic E-state index is 12.8. The molecule has 7 nitrogen and oxygen atoms in total. The van der Waals surface area contributed by atoms with Crippen LogP contribution in [-0.4, -0.2) is 41.7 Å². The first-order chi connectivity index (χ1) is 16.8. The van der Waals surface area contributed by atoms with Crippen molar-refractivity contribution in [2.45, 2.75) is 33.6 Å². The molecular formula is C28H35N5O2. The summed E-state index contributed by atoms with van der Waals surface area (Å²) in [5.41, 5.74) is 3.96. The molecule has 1 aliphatic carbocycles. The van der Waals surface area contributed by atoms with Crippen molar-refractivity contribution in [3.05, 3.63) is 71.9 Å². The van der Waals surface area contributed by atoms with Crippen molar-refractivity contribution in [3.63, 3.8) is 0 Å². The van der Waals surface area contributed by atoms with E-state index in [4.69, 9.17) is 4.42 Å². The van der Waals surface area contributed by atoms with Crippen molar-refractivity contribution in [1.82, 2.24) is 20.5 Å². The van der Waals surface area contributed by atoms with Gasteiger partial charge in [0.05, 0.1) is 0 Å². The molecule has 2 aromatic heterocycles. The standard InChI is InChI=1S/C28H35N5O2/c1-18(2)25-15-22(16-26-31-32-28(35-26)21-10-12-29-13-11-21)19(3)14-23(25)17-30-27(34)20-6-8-24(9-7-20)33(4)5/h6-14,18,22-23,25H,15-17H2,1-5H3,(H,30,34)/t22-,23-,25-/m0/s1. The van der Waals surface area contributed by atoms with Crippen molar-refractivity contribution >= 4 is 11.6 Å². The predicted octanol–water partition coefficient (Wildman–Crippen LogP) is 5.02. The second-order valence-corrected chi connectivity index (χ2v) is 10.0. The van der Waals surface area contributed by atoms with Crippen molar-refractivity contribution in [3.8, 4) is 11.5 Å². The molecule has 0 fully saturated rings. The van der Waals surface area contributed by atoms with Crippen LogP contribution in [0.3, 0.4) is 0 Å². The fraction of sp³-hybridized carbons (Fsp3) is 0.429. The lowest BCUT2D eigenvalue weighted by atomic mass is 9.70. The molecule has 3 aromatic rings. The Morgan fingerprint density at radius 3 is 2.49 bits per heavy atom. The van der Waals surface area contributed by atoms with Gasteiger partial charge in [-0.05, 0) is 73.4 Å². The summed E-state index contributed by atoms with van der Waals surface area (Å²) in [4.78, 5) is 18.8. The van der Waals surface area contributed by atoms with Crippen LogP contribution in [0.5, 0.6) is 0 Å². The summed E-state index contributed by atoms with van der Waals surface area (Å²) in [5, 5.41) is 11.7. The molecule has 0 bridgehead atoms. The summed E-state index contributed by atoms with van der Waals surface area (Å²) in [6.45, 7) is 7.34. The summed E-state index contributed by atoms with van der Waals surface area (Å²) < 4.78 is 5.96. The molecule has 35 heavy (non-hydrogen) atoms. The van der Waals surface area contributed by atoms with E-state index in [1.54, 1.807) is 12.4 Å². The Morgan fingerprint density at radius 2 is 1.83 bits per heavy atom. The SMILES string of the molecule is CC1=C[C@@H](CNC(=O)c2ccc(N(C)C)cc2)[C@H](C(C)C)C[C@H]1Cc1nnc(-c2ccncc2)o1. The van der Waals surface area contributed by atoms with E-state index < -0.39 is 0 Å². The molecule has 0 aliphatic heterocycles. The molecule has 1 amide bonds. The molecule has 1 aliphatic rings. The highest BCUT2D eigenvalue weighted by Crippen LogP contribution is 2.38. The van der Waals surface area contributed by atoms with E-state index in [1.165, 1.54) is 5.57 Å². The van der Waals surface area contributed by atoms with Gasteiger partial charge in [-0.1, -0.05) is 25.5 Å². The lowest BCUT2D eigenvalue weighted by molar-refractivity contribution is 0.0939. The lowest BCUT2D eigenvalue weighted by Gasteiger charge is -2.37. The van der Waals surface area contributed by atoms with E-state index in [-0.39, 0.29) is 5.91 Å². The van der Waals surface area contributed by atoms with Crippen LogP contribution >= 0.6 is 0 Å². The highest BCUT2D eigenvalue weighted by molar-refractivity contribution is 5.94. The average Bonchev–Trinajstić information content (AvgIpc) is 3.33. The number of rotatable bonds is 8. The van der Waals surface area contributed by atoms with Gasteiger partial charge in [0.2, 0.25) is 11.8 Å². The largest absolute Gasteiger partial charge is 0.421 e. The van der Waals surface area contributed by atoms with E-state index in [1.807, 2.05) is 55.4 Å². The van der Waals surface area contributed by atoms with Gasteiger partial charge in [0.15, 0.2) is 0 Å². The van der Waals surface area contributed by atoms with Gasteiger partial charge in [0.1, 0.15) is 0 Å². The second-order valence-electron chi connectivity index (χ2n) is 10.0. The van der Waals surface area contributed by atoms with Gasteiger partial charge < -0.3 is 14.6 Å². The molecule has 4 rings (SSSR count). The van der Waals surface area contributed by atoms with Gasteiger partial charge >= 0.3 is 0 Å². The van der Waals surface area contributed by atoms with Crippen LogP contribution in [-0.2, 0) is 6.42 Å². The zero-order valence-corrected chi connectivity index (χ0v) is 21.2. The second kappa shape index (κ2) is 10.8. The van der Waals surface area contributed by atoms with E-state index in [0.29, 0.717) is 47.6 Å². The maximum Gasteiger partial charge on any atom is 0.251 e. The number of carbonyl (C=O) groups is 1. The molecule has 0 spiro atoms. The highest BCUT2D eigenvalue weighted by Gasteiger charge is 2.32. The Morgan fingerprint density at radius 1 is 1.11 bits per heavy atom. The number of benzene rings is 1. The molecule has 7 heteroatoms. The molecule has 0 saturated heterocycles. The number of nitrogens with one attached hydrogen (secondary N) is 1. The minimum atomic E-state index is -0.0273. The number of aromatic nitrogens is 3. The summed E-state index contributed by atoms with van der Waals surface area (Å²) >= 11 is 0. The van der Waals surface area contributed by atoms with E-state index in [2.05, 4.69) is 47.3 Å². The van der Waals surface area contributed by atoms with Crippen LogP contribution in [0.4, 0.5) is 5.69 Å². The molecule has 3 atom stereocenters. The Bertz CT molecular complexity index is 1150. The van der Waals surface area contributed by atoms with Crippen LogP contribution in [0, 0.1) is 23.7 Å². The minimum absolute atomic E-state index is 0.0273. The fourth-order valence-corrected chi connectivity index (χ4v) is 4.89. The van der Waals surface area contributed by atoms with E-state index >= 15 is 0 Å². The van der Waals surface area contributed by atoms with E-state index in [0.717, 1.165) is 24.1 Å². The molecule has 2 heterocycles. The smallest absolute Gasteiger partial charge is 0.251 e. The van der Waals surface area contributed by atoms with Gasteiger partial charge in [0, 0.05) is 56.3 Å². The quantitative estimate of drug-likeness (QED) is 0.462. The Hall–Kier alpha value is -3.48. The fourth-order valence-electron chi connectivity index (χ4n) is 4.89. The Balaban J connectivity index is 1.41. The van der Waals surface area contributed by atoms with E-state index in [9.17, 15) is 4.79 Å². The van der Waals surface area contributed by atoms with Crippen LogP contribution < -0.4 is 10.2 Å². The third kappa shape index (κ3) is 5.96. The van der Waals surface area contributed by atoms with Gasteiger partial charge in [-0.2, -0.15) is 0 Å².